The second kappa shape index (κ2) is 4.90. The Labute approximate surface area is 116 Å². The van der Waals surface area contributed by atoms with E-state index in [1.165, 1.54) is 0 Å². The number of fused-ring (bicyclic) bond motifs is 1. The van der Waals surface area contributed by atoms with Gasteiger partial charge in [-0.3, -0.25) is 0 Å². The van der Waals surface area contributed by atoms with E-state index < -0.39 is 0 Å². The van der Waals surface area contributed by atoms with Gasteiger partial charge >= 0.3 is 0 Å². The quantitative estimate of drug-likeness (QED) is 0.636. The molecule has 0 fully saturated rings. The summed E-state index contributed by atoms with van der Waals surface area (Å²) < 4.78 is 5.16. The van der Waals surface area contributed by atoms with E-state index >= 15 is 0 Å². The average molecular weight is 270 g/mol. The van der Waals surface area contributed by atoms with Crippen LogP contribution < -0.4 is 4.74 Å². The molecule has 0 amide bonds. The molecular formula is C16H12ClNO. The molecule has 94 valence electrons. The monoisotopic (exact) mass is 269 g/mol. The SMILES string of the molecule is COc1ccc(-c2cc3ccccc3nc2Cl)cc1. The van der Waals surface area contributed by atoms with Crippen LogP contribution in [-0.4, -0.2) is 12.1 Å². The number of ether oxygens (including phenoxy) is 1. The maximum absolute atomic E-state index is 6.27. The number of hydrogen-bond donors (Lipinski definition) is 0. The standard InChI is InChI=1S/C16H12ClNO/c1-19-13-8-6-11(7-9-13)14-10-12-4-2-3-5-15(12)18-16(14)17/h2-10H,1H3. The lowest BCUT2D eigenvalue weighted by molar-refractivity contribution is 0.415. The molecule has 0 aliphatic heterocycles. The number of para-hydroxylation sites is 1. The fourth-order valence-corrected chi connectivity index (χ4v) is 2.32. The number of benzene rings is 2. The molecule has 3 heteroatoms. The van der Waals surface area contributed by atoms with Gasteiger partial charge in [0.05, 0.1) is 12.6 Å². The molecule has 0 atom stereocenters. The van der Waals surface area contributed by atoms with E-state index in [0.29, 0.717) is 5.15 Å². The highest BCUT2D eigenvalue weighted by molar-refractivity contribution is 6.32. The van der Waals surface area contributed by atoms with E-state index in [4.69, 9.17) is 16.3 Å². The van der Waals surface area contributed by atoms with Crippen molar-refractivity contribution in [3.63, 3.8) is 0 Å². The summed E-state index contributed by atoms with van der Waals surface area (Å²) in [5, 5.41) is 1.60. The highest BCUT2D eigenvalue weighted by Crippen LogP contribution is 2.30. The highest BCUT2D eigenvalue weighted by atomic mass is 35.5. The van der Waals surface area contributed by atoms with Crippen molar-refractivity contribution >= 4 is 22.5 Å². The summed E-state index contributed by atoms with van der Waals surface area (Å²) in [5.74, 6) is 0.827. The molecule has 0 bridgehead atoms. The van der Waals surface area contributed by atoms with Crippen molar-refractivity contribution in [3.05, 3.63) is 59.8 Å². The van der Waals surface area contributed by atoms with Crippen LogP contribution in [0.1, 0.15) is 0 Å². The van der Waals surface area contributed by atoms with Crippen LogP contribution in [0.15, 0.2) is 54.6 Å². The predicted molar refractivity (Wildman–Crippen MR) is 78.7 cm³/mol. The Bertz CT molecular complexity index is 722. The summed E-state index contributed by atoms with van der Waals surface area (Å²) in [7, 11) is 1.65. The second-order valence-corrected chi connectivity index (χ2v) is 4.61. The molecule has 19 heavy (non-hydrogen) atoms. The minimum absolute atomic E-state index is 0.517. The topological polar surface area (TPSA) is 22.1 Å². The Balaban J connectivity index is 2.15. The van der Waals surface area contributed by atoms with Crippen molar-refractivity contribution in [2.45, 2.75) is 0 Å². The third kappa shape index (κ3) is 2.27. The zero-order valence-corrected chi connectivity index (χ0v) is 11.2. The number of pyridine rings is 1. The summed E-state index contributed by atoms with van der Waals surface area (Å²) in [6, 6.07) is 17.8. The highest BCUT2D eigenvalue weighted by Gasteiger charge is 2.07. The van der Waals surface area contributed by atoms with Gasteiger partial charge in [-0.25, -0.2) is 4.98 Å². The first-order valence-corrected chi connectivity index (χ1v) is 6.35. The summed E-state index contributed by atoms with van der Waals surface area (Å²) >= 11 is 6.27. The van der Waals surface area contributed by atoms with Crippen molar-refractivity contribution in [3.8, 4) is 16.9 Å². The lowest BCUT2D eigenvalue weighted by Crippen LogP contribution is -1.87. The lowest BCUT2D eigenvalue weighted by atomic mass is 10.1. The zero-order valence-electron chi connectivity index (χ0n) is 10.4. The number of nitrogens with zero attached hydrogens (tertiary/aromatic N) is 1. The maximum Gasteiger partial charge on any atom is 0.137 e. The van der Waals surface area contributed by atoms with Crippen molar-refractivity contribution in [2.24, 2.45) is 0 Å². The third-order valence-corrected chi connectivity index (χ3v) is 3.37. The predicted octanol–water partition coefficient (Wildman–Crippen LogP) is 4.56. The van der Waals surface area contributed by atoms with E-state index in [1.54, 1.807) is 7.11 Å². The van der Waals surface area contributed by atoms with E-state index in [2.05, 4.69) is 11.1 Å². The van der Waals surface area contributed by atoms with Crippen LogP contribution in [0, 0.1) is 0 Å². The molecule has 0 saturated heterocycles. The van der Waals surface area contributed by atoms with Crippen LogP contribution in [0.5, 0.6) is 5.75 Å². The van der Waals surface area contributed by atoms with E-state index in [0.717, 1.165) is 27.8 Å². The first-order valence-electron chi connectivity index (χ1n) is 5.97. The smallest absolute Gasteiger partial charge is 0.137 e. The molecule has 1 heterocycles. The summed E-state index contributed by atoms with van der Waals surface area (Å²) in [4.78, 5) is 4.43. The Morgan fingerprint density at radius 1 is 1.00 bits per heavy atom. The first kappa shape index (κ1) is 12.0. The molecule has 3 aromatic rings. The number of halogens is 1. The number of rotatable bonds is 2. The van der Waals surface area contributed by atoms with E-state index in [-0.39, 0.29) is 0 Å². The molecule has 0 aliphatic carbocycles. The zero-order chi connectivity index (χ0) is 13.2. The van der Waals surface area contributed by atoms with Crippen LogP contribution in [0.4, 0.5) is 0 Å². The molecule has 0 aliphatic rings. The van der Waals surface area contributed by atoms with Crippen LogP contribution in [0.3, 0.4) is 0 Å². The minimum Gasteiger partial charge on any atom is -0.497 e. The molecule has 2 aromatic carbocycles. The minimum atomic E-state index is 0.517. The maximum atomic E-state index is 6.27. The van der Waals surface area contributed by atoms with Gasteiger partial charge in [-0.15, -0.1) is 0 Å². The van der Waals surface area contributed by atoms with E-state index in [1.807, 2.05) is 48.5 Å². The summed E-state index contributed by atoms with van der Waals surface area (Å²) in [5.41, 5.74) is 2.87. The number of hydrogen-bond acceptors (Lipinski definition) is 2. The molecule has 0 N–H and O–H groups in total. The van der Waals surface area contributed by atoms with Crippen molar-refractivity contribution in [1.29, 1.82) is 0 Å². The molecule has 0 spiro atoms. The van der Waals surface area contributed by atoms with Crippen LogP contribution >= 0.6 is 11.6 Å². The Morgan fingerprint density at radius 3 is 2.47 bits per heavy atom. The average Bonchev–Trinajstić information content (AvgIpc) is 2.47. The number of aromatic nitrogens is 1. The van der Waals surface area contributed by atoms with Gasteiger partial charge in [-0.1, -0.05) is 41.9 Å². The normalized spacial score (nSPS) is 10.6. The van der Waals surface area contributed by atoms with Gasteiger partial charge in [0.15, 0.2) is 0 Å². The van der Waals surface area contributed by atoms with Gasteiger partial charge < -0.3 is 4.74 Å². The summed E-state index contributed by atoms with van der Waals surface area (Å²) in [6.45, 7) is 0. The van der Waals surface area contributed by atoms with Crippen LogP contribution in [-0.2, 0) is 0 Å². The second-order valence-electron chi connectivity index (χ2n) is 4.25. The Hall–Kier alpha value is -2.06. The van der Waals surface area contributed by atoms with Crippen molar-refractivity contribution in [2.75, 3.05) is 7.11 Å². The molecule has 3 rings (SSSR count). The van der Waals surface area contributed by atoms with Gasteiger partial charge in [-0.05, 0) is 29.8 Å². The fourth-order valence-electron chi connectivity index (χ4n) is 2.07. The largest absolute Gasteiger partial charge is 0.497 e. The Morgan fingerprint density at radius 2 is 1.74 bits per heavy atom. The van der Waals surface area contributed by atoms with E-state index in [9.17, 15) is 0 Å². The Kier molecular flexibility index (Phi) is 3.10. The molecule has 1 aromatic heterocycles. The lowest BCUT2D eigenvalue weighted by Gasteiger charge is -2.07. The van der Waals surface area contributed by atoms with Gasteiger partial charge in [0, 0.05) is 10.9 Å². The summed E-state index contributed by atoms with van der Waals surface area (Å²) in [6.07, 6.45) is 0. The van der Waals surface area contributed by atoms with Crippen molar-refractivity contribution in [1.82, 2.24) is 4.98 Å². The molecule has 0 radical (unpaired) electrons. The molecular weight excluding hydrogens is 258 g/mol. The number of methoxy groups -OCH3 is 1. The van der Waals surface area contributed by atoms with Gasteiger partial charge in [0.2, 0.25) is 0 Å². The molecule has 0 unspecified atom stereocenters. The van der Waals surface area contributed by atoms with Crippen molar-refractivity contribution < 1.29 is 4.74 Å². The van der Waals surface area contributed by atoms with Crippen LogP contribution in [0.2, 0.25) is 5.15 Å². The van der Waals surface area contributed by atoms with Crippen LogP contribution in [0.25, 0.3) is 22.0 Å². The van der Waals surface area contributed by atoms with Gasteiger partial charge in [-0.2, -0.15) is 0 Å². The molecule has 0 saturated carbocycles. The van der Waals surface area contributed by atoms with Gasteiger partial charge in [0.1, 0.15) is 10.9 Å². The van der Waals surface area contributed by atoms with Gasteiger partial charge in [0.25, 0.3) is 0 Å². The first-order chi connectivity index (χ1) is 9.28. The molecule has 2 nitrogen and oxygen atoms in total. The fraction of sp³-hybridized carbons (Fsp3) is 0.0625. The third-order valence-electron chi connectivity index (χ3n) is 3.08.